The van der Waals surface area contributed by atoms with E-state index in [-0.39, 0.29) is 12.0 Å². The third-order valence-corrected chi connectivity index (χ3v) is 3.34. The normalized spacial score (nSPS) is 12.6. The lowest BCUT2D eigenvalue weighted by Gasteiger charge is -2.21. The van der Waals surface area contributed by atoms with Gasteiger partial charge in [-0.25, -0.2) is 9.97 Å². The predicted octanol–water partition coefficient (Wildman–Crippen LogP) is 1.95. The van der Waals surface area contributed by atoms with Crippen LogP contribution in [0, 0.1) is 5.92 Å². The van der Waals surface area contributed by atoms with E-state index < -0.39 is 0 Å². The summed E-state index contributed by atoms with van der Waals surface area (Å²) in [5, 5.41) is 7.61. The van der Waals surface area contributed by atoms with Gasteiger partial charge in [0, 0.05) is 18.8 Å². The smallest absolute Gasteiger partial charge is 0.221 e. The average molecular weight is 289 g/mol. The van der Waals surface area contributed by atoms with Crippen molar-refractivity contribution >= 4 is 11.8 Å². The molecule has 0 aromatic carbocycles. The molecule has 0 bridgehead atoms. The van der Waals surface area contributed by atoms with E-state index in [1.165, 1.54) is 0 Å². The van der Waals surface area contributed by atoms with E-state index in [2.05, 4.69) is 46.1 Å². The summed E-state index contributed by atoms with van der Waals surface area (Å²) in [4.78, 5) is 12.7. The molecule has 3 N–H and O–H groups in total. The SMILES string of the molecule is CCc1cnc(N)nc1N[C@@H](CC(C)C)c1ncnn1C. The third-order valence-electron chi connectivity index (χ3n) is 3.34. The summed E-state index contributed by atoms with van der Waals surface area (Å²) < 4.78 is 1.79. The zero-order valence-corrected chi connectivity index (χ0v) is 13.0. The van der Waals surface area contributed by atoms with Gasteiger partial charge in [0.25, 0.3) is 0 Å². The number of aromatic nitrogens is 5. The molecule has 0 radical (unpaired) electrons. The van der Waals surface area contributed by atoms with Crippen LogP contribution in [-0.4, -0.2) is 24.7 Å². The molecule has 2 heterocycles. The Labute approximate surface area is 125 Å². The van der Waals surface area contributed by atoms with Crippen molar-refractivity contribution < 1.29 is 0 Å². The molecular weight excluding hydrogens is 266 g/mol. The summed E-state index contributed by atoms with van der Waals surface area (Å²) >= 11 is 0. The molecule has 2 aromatic rings. The molecule has 0 aliphatic carbocycles. The molecule has 0 saturated heterocycles. The minimum atomic E-state index is 0.0390. The largest absolute Gasteiger partial charge is 0.368 e. The van der Waals surface area contributed by atoms with Crippen LogP contribution in [-0.2, 0) is 13.5 Å². The standard InChI is InChI=1S/C14H23N7/c1-5-10-7-16-14(15)20-12(10)19-11(6-9(2)3)13-17-8-18-21(13)4/h7-9,11H,5-6H2,1-4H3,(H3,15,16,19,20)/t11-/m0/s1. The number of anilines is 2. The number of nitrogen functional groups attached to an aromatic ring is 1. The first-order valence-electron chi connectivity index (χ1n) is 7.23. The van der Waals surface area contributed by atoms with Crippen molar-refractivity contribution in [3.05, 3.63) is 23.9 Å². The maximum Gasteiger partial charge on any atom is 0.221 e. The predicted molar refractivity (Wildman–Crippen MR) is 82.6 cm³/mol. The van der Waals surface area contributed by atoms with Gasteiger partial charge < -0.3 is 11.1 Å². The van der Waals surface area contributed by atoms with E-state index in [4.69, 9.17) is 5.73 Å². The highest BCUT2D eigenvalue weighted by Gasteiger charge is 2.20. The van der Waals surface area contributed by atoms with Gasteiger partial charge in [0.2, 0.25) is 5.95 Å². The molecule has 0 aliphatic heterocycles. The topological polar surface area (TPSA) is 94.5 Å². The Morgan fingerprint density at radius 2 is 2.10 bits per heavy atom. The molecule has 0 amide bonds. The van der Waals surface area contributed by atoms with Crippen LogP contribution < -0.4 is 11.1 Å². The van der Waals surface area contributed by atoms with Crippen LogP contribution in [0.1, 0.15) is 44.6 Å². The highest BCUT2D eigenvalue weighted by Crippen LogP contribution is 2.25. The Balaban J connectivity index is 2.31. The lowest BCUT2D eigenvalue weighted by atomic mass is 10.0. The highest BCUT2D eigenvalue weighted by molar-refractivity contribution is 5.47. The Morgan fingerprint density at radius 3 is 2.67 bits per heavy atom. The maximum atomic E-state index is 5.71. The molecule has 0 saturated carbocycles. The maximum absolute atomic E-state index is 5.71. The van der Waals surface area contributed by atoms with Gasteiger partial charge in [-0.15, -0.1) is 0 Å². The fourth-order valence-corrected chi connectivity index (χ4v) is 2.29. The monoisotopic (exact) mass is 289 g/mol. The number of aryl methyl sites for hydroxylation is 2. The van der Waals surface area contributed by atoms with Crippen LogP contribution in [0.2, 0.25) is 0 Å². The lowest BCUT2D eigenvalue weighted by molar-refractivity contribution is 0.497. The summed E-state index contributed by atoms with van der Waals surface area (Å²) in [6, 6.07) is 0.0390. The van der Waals surface area contributed by atoms with E-state index in [9.17, 15) is 0 Å². The number of hydrogen-bond acceptors (Lipinski definition) is 6. The summed E-state index contributed by atoms with van der Waals surface area (Å²) in [7, 11) is 1.90. The number of hydrogen-bond donors (Lipinski definition) is 2. The van der Waals surface area contributed by atoms with E-state index in [0.717, 1.165) is 30.0 Å². The van der Waals surface area contributed by atoms with Crippen molar-refractivity contribution in [2.75, 3.05) is 11.1 Å². The van der Waals surface area contributed by atoms with Crippen LogP contribution in [0.5, 0.6) is 0 Å². The number of nitrogens with two attached hydrogens (primary N) is 1. The Morgan fingerprint density at radius 1 is 1.33 bits per heavy atom. The van der Waals surface area contributed by atoms with Crippen LogP contribution in [0.25, 0.3) is 0 Å². The van der Waals surface area contributed by atoms with Gasteiger partial charge in [-0.2, -0.15) is 10.1 Å². The van der Waals surface area contributed by atoms with Gasteiger partial charge in [-0.3, -0.25) is 4.68 Å². The van der Waals surface area contributed by atoms with Crippen molar-refractivity contribution in [3.8, 4) is 0 Å². The minimum absolute atomic E-state index is 0.0390. The molecule has 0 fully saturated rings. The fraction of sp³-hybridized carbons (Fsp3) is 0.571. The van der Waals surface area contributed by atoms with Crippen molar-refractivity contribution in [1.82, 2.24) is 24.7 Å². The average Bonchev–Trinajstić information content (AvgIpc) is 2.84. The molecule has 1 atom stereocenters. The number of nitrogens with one attached hydrogen (secondary N) is 1. The Hall–Kier alpha value is -2.18. The van der Waals surface area contributed by atoms with E-state index >= 15 is 0 Å². The quantitative estimate of drug-likeness (QED) is 0.844. The van der Waals surface area contributed by atoms with Gasteiger partial charge in [-0.05, 0) is 18.8 Å². The molecule has 0 spiro atoms. The molecule has 0 unspecified atom stereocenters. The van der Waals surface area contributed by atoms with Crippen molar-refractivity contribution in [3.63, 3.8) is 0 Å². The van der Waals surface area contributed by atoms with E-state index in [1.807, 2.05) is 7.05 Å². The van der Waals surface area contributed by atoms with E-state index in [1.54, 1.807) is 17.2 Å². The van der Waals surface area contributed by atoms with Crippen LogP contribution in [0.4, 0.5) is 11.8 Å². The summed E-state index contributed by atoms with van der Waals surface area (Å²) in [6.07, 6.45) is 5.11. The fourth-order valence-electron chi connectivity index (χ4n) is 2.29. The van der Waals surface area contributed by atoms with Gasteiger partial charge in [0.15, 0.2) is 0 Å². The first-order chi connectivity index (χ1) is 10.0. The zero-order valence-electron chi connectivity index (χ0n) is 13.0. The van der Waals surface area contributed by atoms with Crippen LogP contribution in [0.3, 0.4) is 0 Å². The number of nitrogens with zero attached hydrogens (tertiary/aromatic N) is 5. The molecule has 7 heteroatoms. The second-order valence-electron chi connectivity index (χ2n) is 5.52. The summed E-state index contributed by atoms with van der Waals surface area (Å²) in [5.74, 6) is 2.46. The zero-order chi connectivity index (χ0) is 15.4. The Bertz CT molecular complexity index is 591. The third kappa shape index (κ3) is 3.68. The van der Waals surface area contributed by atoms with Crippen molar-refractivity contribution in [2.24, 2.45) is 13.0 Å². The van der Waals surface area contributed by atoms with Crippen LogP contribution >= 0.6 is 0 Å². The van der Waals surface area contributed by atoms with E-state index in [0.29, 0.717) is 5.92 Å². The van der Waals surface area contributed by atoms with Crippen molar-refractivity contribution in [2.45, 2.75) is 39.7 Å². The second kappa shape index (κ2) is 6.51. The van der Waals surface area contributed by atoms with Gasteiger partial charge in [0.05, 0.1) is 6.04 Å². The number of rotatable bonds is 6. The molecule has 2 rings (SSSR count). The molecule has 21 heavy (non-hydrogen) atoms. The first kappa shape index (κ1) is 15.2. The van der Waals surface area contributed by atoms with Gasteiger partial charge >= 0.3 is 0 Å². The lowest BCUT2D eigenvalue weighted by Crippen LogP contribution is -2.20. The second-order valence-corrected chi connectivity index (χ2v) is 5.52. The molecule has 2 aromatic heterocycles. The van der Waals surface area contributed by atoms with Crippen molar-refractivity contribution in [1.29, 1.82) is 0 Å². The minimum Gasteiger partial charge on any atom is -0.368 e. The van der Waals surface area contributed by atoms with Gasteiger partial charge in [0.1, 0.15) is 18.0 Å². The molecular formula is C14H23N7. The summed E-state index contributed by atoms with van der Waals surface area (Å²) in [5.41, 5.74) is 6.75. The Kier molecular flexibility index (Phi) is 4.72. The summed E-state index contributed by atoms with van der Waals surface area (Å²) in [6.45, 7) is 6.43. The molecule has 7 nitrogen and oxygen atoms in total. The first-order valence-corrected chi connectivity index (χ1v) is 7.23. The molecule has 0 aliphatic rings. The van der Waals surface area contributed by atoms with Crippen LogP contribution in [0.15, 0.2) is 12.5 Å². The van der Waals surface area contributed by atoms with Gasteiger partial charge in [-0.1, -0.05) is 20.8 Å². The molecule has 114 valence electrons. The highest BCUT2D eigenvalue weighted by atomic mass is 15.3.